The van der Waals surface area contributed by atoms with Crippen LogP contribution < -0.4 is 0 Å². The van der Waals surface area contributed by atoms with Crippen LogP contribution in [0.2, 0.25) is 0 Å². The van der Waals surface area contributed by atoms with E-state index in [0.29, 0.717) is 6.61 Å². The molecule has 0 bridgehead atoms. The van der Waals surface area contributed by atoms with Crippen molar-refractivity contribution in [2.24, 2.45) is 0 Å². The molecule has 0 rings (SSSR count). The van der Waals surface area contributed by atoms with Gasteiger partial charge in [0, 0.05) is 5.75 Å². The Kier molecular flexibility index (Phi) is 4.27. The largest absolute Gasteiger partial charge is 0.371 e. The quantitative estimate of drug-likeness (QED) is 0.473. The molecule has 0 heterocycles. The molecule has 0 aromatic rings. The highest BCUT2D eigenvalue weighted by Crippen LogP contribution is 2.33. The van der Waals surface area contributed by atoms with Crippen molar-refractivity contribution in [3.8, 4) is 0 Å². The lowest BCUT2D eigenvalue weighted by molar-refractivity contribution is 0.00657. The fourth-order valence-corrected chi connectivity index (χ4v) is 0.991. The highest BCUT2D eigenvalue weighted by molar-refractivity contribution is 8.32. The van der Waals surface area contributed by atoms with Gasteiger partial charge in [0.25, 0.3) is 0 Å². The van der Waals surface area contributed by atoms with Crippen LogP contribution in [0.3, 0.4) is 0 Å². The van der Waals surface area contributed by atoms with Gasteiger partial charge in [-0.1, -0.05) is 0 Å². The van der Waals surface area contributed by atoms with Gasteiger partial charge in [-0.05, 0) is 18.8 Å². The fraction of sp³-hybridized carbons (Fsp3) is 1.00. The molecule has 0 aliphatic heterocycles. The third-order valence-corrected chi connectivity index (χ3v) is 2.32. The van der Waals surface area contributed by atoms with E-state index in [-0.39, 0.29) is 6.79 Å². The molecule has 2 nitrogen and oxygen atoms in total. The highest BCUT2D eigenvalue weighted by atomic mass is 32.3. The molecule has 0 aliphatic rings. The summed E-state index contributed by atoms with van der Waals surface area (Å²) >= 11 is 0. The van der Waals surface area contributed by atoms with Crippen LogP contribution in [0, 0.1) is 0 Å². The monoisotopic (exact) mass is 152 g/mol. The van der Waals surface area contributed by atoms with Gasteiger partial charge >= 0.3 is 0 Å². The zero-order valence-corrected chi connectivity index (χ0v) is 7.20. The third-order valence-electron chi connectivity index (χ3n) is 0.931. The molecule has 58 valence electrons. The maximum Gasteiger partial charge on any atom is 0.143 e. The molecule has 0 aliphatic carbocycles. The van der Waals surface area contributed by atoms with Crippen molar-refractivity contribution in [1.29, 1.82) is 0 Å². The zero-order chi connectivity index (χ0) is 7.33. The van der Waals surface area contributed by atoms with E-state index in [9.17, 15) is 0 Å². The zero-order valence-electron chi connectivity index (χ0n) is 6.39. The number of ether oxygens (including phenoxy) is 1. The van der Waals surface area contributed by atoms with Crippen LogP contribution >= 0.6 is 10.0 Å². The Morgan fingerprint density at radius 2 is 1.89 bits per heavy atom. The molecule has 0 atom stereocenters. The lowest BCUT2D eigenvalue weighted by Gasteiger charge is -2.24. The van der Waals surface area contributed by atoms with Crippen molar-refractivity contribution in [2.75, 3.05) is 37.9 Å². The highest BCUT2D eigenvalue weighted by Gasteiger charge is 2.01. The summed E-state index contributed by atoms with van der Waals surface area (Å²) in [5.74, 6) is 1.08. The minimum absolute atomic E-state index is 0.143. The molecule has 0 aromatic carbocycles. The predicted molar refractivity (Wildman–Crippen MR) is 43.3 cm³/mol. The first-order chi connectivity index (χ1) is 4.06. The molecular formula is C6H16O2S. The molecule has 1 N–H and O–H groups in total. The molecule has 0 fully saturated rings. The minimum Gasteiger partial charge on any atom is -0.371 e. The van der Waals surface area contributed by atoms with Crippen LogP contribution in [-0.4, -0.2) is 43.0 Å². The summed E-state index contributed by atoms with van der Waals surface area (Å²) in [6, 6.07) is 0. The lowest BCUT2D eigenvalue weighted by atomic mass is 10.9. The van der Waals surface area contributed by atoms with Gasteiger partial charge in [-0.25, -0.2) is 10.0 Å². The van der Waals surface area contributed by atoms with Gasteiger partial charge in [-0.15, -0.1) is 0 Å². The minimum atomic E-state index is -0.432. The van der Waals surface area contributed by atoms with Gasteiger partial charge in [0.2, 0.25) is 0 Å². The van der Waals surface area contributed by atoms with Crippen LogP contribution in [0.15, 0.2) is 0 Å². The summed E-state index contributed by atoms with van der Waals surface area (Å²) in [5.41, 5.74) is 0. The summed E-state index contributed by atoms with van der Waals surface area (Å²) in [4.78, 5) is 0. The van der Waals surface area contributed by atoms with E-state index in [4.69, 9.17) is 9.84 Å². The molecule has 0 saturated carbocycles. The van der Waals surface area contributed by atoms with Crippen LogP contribution in [0.1, 0.15) is 0 Å². The third kappa shape index (κ3) is 8.27. The van der Waals surface area contributed by atoms with Crippen molar-refractivity contribution in [1.82, 2.24) is 0 Å². The second-order valence-electron chi connectivity index (χ2n) is 2.83. The molecule has 9 heavy (non-hydrogen) atoms. The predicted octanol–water partition coefficient (Wildman–Crippen LogP) is 0.647. The van der Waals surface area contributed by atoms with Gasteiger partial charge in [0.05, 0.1) is 6.61 Å². The molecule has 0 amide bonds. The van der Waals surface area contributed by atoms with Crippen molar-refractivity contribution < 1.29 is 9.84 Å². The number of aliphatic hydroxyl groups is 1. The van der Waals surface area contributed by atoms with Gasteiger partial charge in [0.1, 0.15) is 6.79 Å². The van der Waals surface area contributed by atoms with Crippen LogP contribution in [0.4, 0.5) is 0 Å². The van der Waals surface area contributed by atoms with Crippen LogP contribution in [0.25, 0.3) is 0 Å². The average molecular weight is 152 g/mol. The Morgan fingerprint density at radius 3 is 2.22 bits per heavy atom. The molecule has 3 heteroatoms. The summed E-state index contributed by atoms with van der Waals surface area (Å²) in [7, 11) is -0.432. The summed E-state index contributed by atoms with van der Waals surface area (Å²) in [6.45, 7) is 0.546. The smallest absolute Gasteiger partial charge is 0.143 e. The van der Waals surface area contributed by atoms with Crippen LogP contribution in [-0.2, 0) is 4.74 Å². The average Bonchev–Trinajstić information content (AvgIpc) is 1.63. The topological polar surface area (TPSA) is 29.5 Å². The van der Waals surface area contributed by atoms with Crippen molar-refractivity contribution in [3.63, 3.8) is 0 Å². The maximum atomic E-state index is 8.25. The molecule has 0 saturated heterocycles. The first-order valence-corrected chi connectivity index (χ1v) is 5.93. The van der Waals surface area contributed by atoms with E-state index < -0.39 is 10.0 Å². The first-order valence-electron chi connectivity index (χ1n) is 2.91. The number of rotatable bonds is 4. The molecular weight excluding hydrogens is 136 g/mol. The molecule has 0 aromatic heterocycles. The normalized spacial score (nSPS) is 13.8. The first kappa shape index (κ1) is 9.27. The van der Waals surface area contributed by atoms with E-state index in [2.05, 4.69) is 18.8 Å². The Morgan fingerprint density at radius 1 is 1.33 bits per heavy atom. The number of aliphatic hydroxyl groups excluding tert-OH is 1. The van der Waals surface area contributed by atoms with E-state index in [0.717, 1.165) is 5.75 Å². The summed E-state index contributed by atoms with van der Waals surface area (Å²) < 4.78 is 4.79. The fourth-order valence-electron chi connectivity index (χ4n) is 0.373. The molecule has 0 unspecified atom stereocenters. The Labute approximate surface area is 58.5 Å². The van der Waals surface area contributed by atoms with Gasteiger partial charge in [-0.2, -0.15) is 0 Å². The van der Waals surface area contributed by atoms with E-state index in [1.54, 1.807) is 0 Å². The number of hydrogen-bond donors (Lipinski definition) is 1. The molecule has 0 radical (unpaired) electrons. The Bertz CT molecular complexity index is 67.9. The van der Waals surface area contributed by atoms with E-state index in [1.807, 2.05) is 0 Å². The summed E-state index contributed by atoms with van der Waals surface area (Å²) in [5, 5.41) is 8.25. The summed E-state index contributed by atoms with van der Waals surface area (Å²) in [6.07, 6.45) is 6.69. The lowest BCUT2D eigenvalue weighted by Crippen LogP contribution is -2.06. The SMILES string of the molecule is CS(C)(C)CCOCO. The Hall–Kier alpha value is 0.270. The second kappa shape index (κ2) is 4.14. The maximum absolute atomic E-state index is 8.25. The van der Waals surface area contributed by atoms with E-state index in [1.165, 1.54) is 0 Å². The second-order valence-corrected chi connectivity index (χ2v) is 7.42. The number of hydrogen-bond acceptors (Lipinski definition) is 2. The van der Waals surface area contributed by atoms with Gasteiger partial charge < -0.3 is 9.84 Å². The Balaban J connectivity index is 3.07. The van der Waals surface area contributed by atoms with Crippen LogP contribution in [0.5, 0.6) is 0 Å². The van der Waals surface area contributed by atoms with E-state index >= 15 is 0 Å². The van der Waals surface area contributed by atoms with Crippen molar-refractivity contribution in [3.05, 3.63) is 0 Å². The van der Waals surface area contributed by atoms with Crippen molar-refractivity contribution >= 4 is 10.0 Å². The standard InChI is InChI=1S/C6H16O2S/c1-9(2,3)5-4-8-6-7/h7H,4-6H2,1-3H3. The van der Waals surface area contributed by atoms with Gasteiger partial charge in [-0.3, -0.25) is 0 Å². The van der Waals surface area contributed by atoms with Gasteiger partial charge in [0.15, 0.2) is 0 Å². The molecule has 0 spiro atoms. The van der Waals surface area contributed by atoms with Crippen molar-refractivity contribution in [2.45, 2.75) is 0 Å².